The second kappa shape index (κ2) is 5.70. The van der Waals surface area contributed by atoms with Crippen molar-refractivity contribution in [2.24, 2.45) is 0 Å². The zero-order chi connectivity index (χ0) is 15.9. The largest absolute Gasteiger partial charge is 0.507 e. The maximum absolute atomic E-state index is 11.3. The number of hydrogen-bond acceptors (Lipinski definition) is 3. The molecule has 1 saturated heterocycles. The molecule has 6 nitrogen and oxygen atoms in total. The van der Waals surface area contributed by atoms with Gasteiger partial charge in [-0.15, -0.1) is 0 Å². The van der Waals surface area contributed by atoms with E-state index in [1.54, 1.807) is 29.0 Å². The van der Waals surface area contributed by atoms with Gasteiger partial charge in [0.1, 0.15) is 12.0 Å². The second-order valence-electron chi connectivity index (χ2n) is 6.08. The summed E-state index contributed by atoms with van der Waals surface area (Å²) in [4.78, 5) is 20.8. The van der Waals surface area contributed by atoms with E-state index in [0.717, 1.165) is 31.4 Å². The molecule has 2 aromatic rings. The molecule has 3 rings (SSSR count). The van der Waals surface area contributed by atoms with Crippen LogP contribution in [0.15, 0.2) is 24.4 Å². The van der Waals surface area contributed by atoms with Crippen LogP contribution in [0, 0.1) is 0 Å². The van der Waals surface area contributed by atoms with E-state index in [4.69, 9.17) is 0 Å². The number of aromatic nitrogens is 1. The van der Waals surface area contributed by atoms with Gasteiger partial charge in [-0.2, -0.15) is 0 Å². The Morgan fingerprint density at radius 2 is 2.14 bits per heavy atom. The third-order valence-electron chi connectivity index (χ3n) is 4.43. The molecular weight excluding hydrogens is 303 g/mol. The first-order valence-corrected chi connectivity index (χ1v) is 9.19. The summed E-state index contributed by atoms with van der Waals surface area (Å²) in [5, 5.41) is 10.9. The molecule has 0 spiro atoms. The Bertz CT molecular complexity index is 736. The van der Waals surface area contributed by atoms with Crippen LogP contribution in [0.2, 0.25) is 0 Å². The van der Waals surface area contributed by atoms with Crippen molar-refractivity contribution in [3.05, 3.63) is 30.0 Å². The topological polar surface area (TPSA) is 85.9 Å². The summed E-state index contributed by atoms with van der Waals surface area (Å²) < 4.78 is 12.9. The van der Waals surface area contributed by atoms with Gasteiger partial charge in [-0.1, -0.05) is 6.07 Å². The lowest BCUT2D eigenvalue weighted by molar-refractivity contribution is 0.309. The Labute approximate surface area is 129 Å². The number of aromatic hydroxyl groups is 1. The van der Waals surface area contributed by atoms with E-state index in [0.29, 0.717) is 16.9 Å². The van der Waals surface area contributed by atoms with Crippen molar-refractivity contribution >= 4 is 18.5 Å². The van der Waals surface area contributed by atoms with Gasteiger partial charge in [-0.05, 0) is 50.6 Å². The highest BCUT2D eigenvalue weighted by atomic mass is 31.2. The summed E-state index contributed by atoms with van der Waals surface area (Å²) in [6.07, 6.45) is 4.45. The van der Waals surface area contributed by atoms with Gasteiger partial charge in [0.2, 0.25) is 0 Å². The molecule has 1 aliphatic rings. The fourth-order valence-corrected chi connectivity index (χ4v) is 4.01. The molecule has 1 atom stereocenters. The van der Waals surface area contributed by atoms with Crippen LogP contribution >= 0.6 is 7.60 Å². The van der Waals surface area contributed by atoms with Gasteiger partial charge in [-0.3, -0.25) is 4.57 Å². The zero-order valence-electron chi connectivity index (χ0n) is 12.5. The van der Waals surface area contributed by atoms with Crippen LogP contribution in [0.4, 0.5) is 0 Å². The van der Waals surface area contributed by atoms with Crippen molar-refractivity contribution in [1.29, 1.82) is 0 Å². The molecule has 0 aliphatic carbocycles. The fraction of sp³-hybridized carbons (Fsp3) is 0.467. The summed E-state index contributed by atoms with van der Waals surface area (Å²) in [5.74, 6) is 0.164. The number of benzene rings is 1. The molecule has 1 fully saturated rings. The van der Waals surface area contributed by atoms with Gasteiger partial charge in [0.15, 0.2) is 0 Å². The Hall–Kier alpha value is -1.33. The molecule has 0 saturated carbocycles. The average Bonchev–Trinajstić information content (AvgIpc) is 2.95. The highest BCUT2D eigenvalue weighted by molar-refractivity contribution is 7.50. The van der Waals surface area contributed by atoms with Gasteiger partial charge in [-0.25, -0.2) is 0 Å². The molecule has 7 heteroatoms. The SMILES string of the molecule is CN1CCCC1Cc1cn(CP(=O)(O)O)c2cccc(O)c12. The summed E-state index contributed by atoms with van der Waals surface area (Å²) in [5.41, 5.74) is 1.61. The second-order valence-corrected chi connectivity index (χ2v) is 7.69. The minimum absolute atomic E-state index is 0.164. The third kappa shape index (κ3) is 3.06. The molecule has 1 aromatic carbocycles. The standard InChI is InChI=1S/C15H21N2O4P/c1-16-7-3-4-12(16)8-11-9-17(10-22(19,20)21)13-5-2-6-14(18)15(11)13/h2,5-6,9,12,18H,3-4,7-8,10H2,1H3,(H2,19,20,21). The first-order chi connectivity index (χ1) is 10.3. The lowest BCUT2D eigenvalue weighted by Gasteiger charge is -2.18. The van der Waals surface area contributed by atoms with Crippen LogP contribution in [-0.4, -0.2) is 44.0 Å². The van der Waals surface area contributed by atoms with Crippen molar-refractivity contribution in [3.63, 3.8) is 0 Å². The van der Waals surface area contributed by atoms with E-state index < -0.39 is 7.60 Å². The molecular formula is C15H21N2O4P. The van der Waals surface area contributed by atoms with Gasteiger partial charge in [0.05, 0.1) is 5.52 Å². The Morgan fingerprint density at radius 3 is 2.77 bits per heavy atom. The van der Waals surface area contributed by atoms with Gasteiger partial charge in [0.25, 0.3) is 0 Å². The predicted octanol–water partition coefficient (Wildman–Crippen LogP) is 2.12. The zero-order valence-corrected chi connectivity index (χ0v) is 13.4. The molecule has 120 valence electrons. The predicted molar refractivity (Wildman–Crippen MR) is 85.0 cm³/mol. The van der Waals surface area contributed by atoms with Crippen molar-refractivity contribution < 1.29 is 19.5 Å². The first kappa shape index (κ1) is 15.6. The van der Waals surface area contributed by atoms with Crippen molar-refractivity contribution in [2.75, 3.05) is 13.6 Å². The number of nitrogens with zero attached hydrogens (tertiary/aromatic N) is 2. The Kier molecular flexibility index (Phi) is 4.03. The van der Waals surface area contributed by atoms with Crippen molar-refractivity contribution in [3.8, 4) is 5.75 Å². The lowest BCUT2D eigenvalue weighted by Crippen LogP contribution is -2.26. The monoisotopic (exact) mass is 324 g/mol. The van der Waals surface area contributed by atoms with E-state index >= 15 is 0 Å². The third-order valence-corrected chi connectivity index (χ3v) is 5.10. The number of rotatable bonds is 4. The highest BCUT2D eigenvalue weighted by Crippen LogP contribution is 2.40. The van der Waals surface area contributed by atoms with E-state index in [1.807, 2.05) is 0 Å². The molecule has 1 aromatic heterocycles. The van der Waals surface area contributed by atoms with Crippen LogP contribution in [-0.2, 0) is 17.3 Å². The molecule has 0 amide bonds. The van der Waals surface area contributed by atoms with Crippen LogP contribution < -0.4 is 0 Å². The van der Waals surface area contributed by atoms with E-state index in [9.17, 15) is 19.5 Å². The fourth-order valence-electron chi connectivity index (χ4n) is 3.38. The van der Waals surface area contributed by atoms with Crippen LogP contribution in [0.25, 0.3) is 10.9 Å². The highest BCUT2D eigenvalue weighted by Gasteiger charge is 2.24. The molecule has 1 unspecified atom stereocenters. The van der Waals surface area contributed by atoms with E-state index in [1.165, 1.54) is 0 Å². The first-order valence-electron chi connectivity index (χ1n) is 7.39. The van der Waals surface area contributed by atoms with Crippen LogP contribution in [0.1, 0.15) is 18.4 Å². The summed E-state index contributed by atoms with van der Waals surface area (Å²) in [6, 6.07) is 5.51. The van der Waals surface area contributed by atoms with E-state index in [2.05, 4.69) is 11.9 Å². The smallest absolute Gasteiger partial charge is 0.345 e. The minimum atomic E-state index is -4.17. The van der Waals surface area contributed by atoms with Crippen molar-refractivity contribution in [2.45, 2.75) is 31.6 Å². The van der Waals surface area contributed by atoms with Crippen LogP contribution in [0.5, 0.6) is 5.75 Å². The molecule has 22 heavy (non-hydrogen) atoms. The van der Waals surface area contributed by atoms with Crippen molar-refractivity contribution in [1.82, 2.24) is 9.47 Å². The number of fused-ring (bicyclic) bond motifs is 1. The van der Waals surface area contributed by atoms with Crippen LogP contribution in [0.3, 0.4) is 0 Å². The Balaban J connectivity index is 2.03. The maximum atomic E-state index is 11.3. The number of likely N-dealkylation sites (tertiary alicyclic amines) is 1. The quantitative estimate of drug-likeness (QED) is 0.750. The average molecular weight is 324 g/mol. The molecule has 1 aliphatic heterocycles. The molecule has 2 heterocycles. The number of likely N-dealkylation sites (N-methyl/N-ethyl adjacent to an activating group) is 1. The summed E-state index contributed by atoms with van der Waals surface area (Å²) in [6.45, 7) is 1.07. The van der Waals surface area contributed by atoms with Gasteiger partial charge < -0.3 is 24.4 Å². The number of phenols is 1. The van der Waals surface area contributed by atoms with E-state index in [-0.39, 0.29) is 12.0 Å². The molecule has 3 N–H and O–H groups in total. The molecule has 0 bridgehead atoms. The minimum Gasteiger partial charge on any atom is -0.507 e. The van der Waals surface area contributed by atoms with Gasteiger partial charge >= 0.3 is 7.60 Å². The van der Waals surface area contributed by atoms with Gasteiger partial charge in [0, 0.05) is 17.6 Å². The maximum Gasteiger partial charge on any atom is 0.345 e. The Morgan fingerprint density at radius 1 is 1.36 bits per heavy atom. The lowest BCUT2D eigenvalue weighted by atomic mass is 10.0. The summed E-state index contributed by atoms with van der Waals surface area (Å²) in [7, 11) is -2.08. The number of hydrogen-bond donors (Lipinski definition) is 3. The normalized spacial score (nSPS) is 20.0. The molecule has 0 radical (unpaired) electrons. The number of phenolic OH excluding ortho intramolecular Hbond substituents is 1. The summed E-state index contributed by atoms with van der Waals surface area (Å²) >= 11 is 0.